The minimum atomic E-state index is -0.439. The molecule has 0 spiro atoms. The van der Waals surface area contributed by atoms with Crippen LogP contribution in [-0.2, 0) is 11.3 Å². The van der Waals surface area contributed by atoms with Crippen LogP contribution in [0, 0.1) is 5.82 Å². The number of carbonyl (C=O) groups excluding carboxylic acids is 1. The summed E-state index contributed by atoms with van der Waals surface area (Å²) >= 11 is 6.00. The maximum Gasteiger partial charge on any atom is 0.246 e. The van der Waals surface area contributed by atoms with Gasteiger partial charge < -0.3 is 19.3 Å². The number of benzene rings is 2. The number of quaternary nitrogens is 1. The molecule has 2 aromatic carbocycles. The van der Waals surface area contributed by atoms with Crippen LogP contribution < -0.4 is 14.4 Å². The highest BCUT2D eigenvalue weighted by molar-refractivity contribution is 6.32. The summed E-state index contributed by atoms with van der Waals surface area (Å²) in [5, 5.41) is 0.290. The van der Waals surface area contributed by atoms with E-state index in [1.807, 2.05) is 18.2 Å². The van der Waals surface area contributed by atoms with Crippen LogP contribution >= 0.6 is 11.6 Å². The molecule has 0 aromatic heterocycles. The van der Waals surface area contributed by atoms with Crippen molar-refractivity contribution in [2.75, 3.05) is 40.4 Å². The van der Waals surface area contributed by atoms with Crippen molar-refractivity contribution < 1.29 is 23.6 Å². The maximum atomic E-state index is 13.8. The number of nitrogens with one attached hydrogen (secondary N) is 1. The molecule has 0 radical (unpaired) electrons. The summed E-state index contributed by atoms with van der Waals surface area (Å²) in [6, 6.07) is 10.4. The van der Waals surface area contributed by atoms with E-state index in [0.717, 1.165) is 30.9 Å². The number of carbonyl (C=O) groups is 1. The van der Waals surface area contributed by atoms with Crippen molar-refractivity contribution in [2.24, 2.45) is 0 Å². The van der Waals surface area contributed by atoms with Crippen LogP contribution in [0.3, 0.4) is 0 Å². The van der Waals surface area contributed by atoms with Gasteiger partial charge in [-0.15, -0.1) is 0 Å². The monoisotopic (exact) mass is 419 g/mol. The average Bonchev–Trinajstić information content (AvgIpc) is 2.73. The fourth-order valence-electron chi connectivity index (χ4n) is 3.43. The van der Waals surface area contributed by atoms with Gasteiger partial charge in [0.15, 0.2) is 11.5 Å². The van der Waals surface area contributed by atoms with Gasteiger partial charge in [0.25, 0.3) is 0 Å². The first-order valence-corrected chi connectivity index (χ1v) is 9.85. The predicted molar refractivity (Wildman–Crippen MR) is 111 cm³/mol. The Bertz CT molecular complexity index is 875. The lowest BCUT2D eigenvalue weighted by Gasteiger charge is -2.31. The van der Waals surface area contributed by atoms with E-state index in [4.69, 9.17) is 21.1 Å². The molecule has 1 N–H and O–H groups in total. The summed E-state index contributed by atoms with van der Waals surface area (Å²) in [4.78, 5) is 15.6. The lowest BCUT2D eigenvalue weighted by atomic mass is 10.1. The first-order chi connectivity index (χ1) is 14.0. The molecule has 1 heterocycles. The lowest BCUT2D eigenvalue weighted by molar-refractivity contribution is -0.917. The SMILES string of the molecule is COc1ccc(C[NH+]2CCN(C(=O)/C=C/c3c(F)cccc3Cl)CC2)cc1OC. The molecule has 0 atom stereocenters. The second-order valence-electron chi connectivity index (χ2n) is 6.91. The molecule has 0 bridgehead atoms. The van der Waals surface area contributed by atoms with Crippen LogP contribution in [0.4, 0.5) is 4.39 Å². The molecule has 1 saturated heterocycles. The van der Waals surface area contributed by atoms with E-state index in [0.29, 0.717) is 23.9 Å². The van der Waals surface area contributed by atoms with Gasteiger partial charge in [-0.25, -0.2) is 4.39 Å². The summed E-state index contributed by atoms with van der Waals surface area (Å²) in [6.07, 6.45) is 2.84. The highest BCUT2D eigenvalue weighted by atomic mass is 35.5. The number of nitrogens with zero attached hydrogens (tertiary/aromatic N) is 1. The average molecular weight is 420 g/mol. The normalized spacial score (nSPS) is 15.0. The third-order valence-corrected chi connectivity index (χ3v) is 5.41. The largest absolute Gasteiger partial charge is 0.493 e. The van der Waals surface area contributed by atoms with E-state index in [2.05, 4.69) is 0 Å². The maximum absolute atomic E-state index is 13.8. The molecule has 154 valence electrons. The van der Waals surface area contributed by atoms with Crippen LogP contribution in [0.5, 0.6) is 11.5 Å². The molecule has 7 heteroatoms. The van der Waals surface area contributed by atoms with Gasteiger partial charge in [-0.05, 0) is 36.4 Å². The minimum absolute atomic E-state index is 0.130. The van der Waals surface area contributed by atoms with E-state index in [1.54, 1.807) is 25.2 Å². The number of hydrogen-bond acceptors (Lipinski definition) is 3. The highest BCUT2D eigenvalue weighted by Crippen LogP contribution is 2.27. The zero-order valence-corrected chi connectivity index (χ0v) is 17.3. The number of rotatable bonds is 6. The lowest BCUT2D eigenvalue weighted by Crippen LogP contribution is -3.13. The van der Waals surface area contributed by atoms with Gasteiger partial charge in [0.2, 0.25) is 5.91 Å². The molecule has 3 rings (SSSR count). The fourth-order valence-corrected chi connectivity index (χ4v) is 3.66. The van der Waals surface area contributed by atoms with Gasteiger partial charge in [0, 0.05) is 17.2 Å². The molecule has 1 aliphatic heterocycles. The summed E-state index contributed by atoms with van der Waals surface area (Å²) in [6.45, 7) is 3.83. The van der Waals surface area contributed by atoms with Gasteiger partial charge in [0.1, 0.15) is 12.4 Å². The summed E-state index contributed by atoms with van der Waals surface area (Å²) in [5.41, 5.74) is 1.40. The number of halogens is 2. The molecule has 1 amide bonds. The Morgan fingerprint density at radius 1 is 1.17 bits per heavy atom. The Labute approximate surface area is 175 Å². The molecule has 5 nitrogen and oxygen atoms in total. The Morgan fingerprint density at radius 2 is 1.90 bits per heavy atom. The summed E-state index contributed by atoms with van der Waals surface area (Å²) in [5.74, 6) is 0.860. The first kappa shape index (κ1) is 21.1. The number of piperazine rings is 1. The molecular weight excluding hydrogens is 395 g/mol. The number of methoxy groups -OCH3 is 2. The van der Waals surface area contributed by atoms with E-state index in [1.165, 1.54) is 29.2 Å². The van der Waals surface area contributed by atoms with Gasteiger partial charge in [0.05, 0.1) is 45.4 Å². The third kappa shape index (κ3) is 5.28. The summed E-state index contributed by atoms with van der Waals surface area (Å²) in [7, 11) is 3.24. The van der Waals surface area contributed by atoms with Crippen LogP contribution in [0.25, 0.3) is 6.08 Å². The third-order valence-electron chi connectivity index (χ3n) is 5.08. The highest BCUT2D eigenvalue weighted by Gasteiger charge is 2.23. The van der Waals surface area contributed by atoms with Gasteiger partial charge in [-0.3, -0.25) is 4.79 Å². The molecule has 2 aromatic rings. The Balaban J connectivity index is 1.55. The quantitative estimate of drug-likeness (QED) is 0.731. The molecule has 1 fully saturated rings. The van der Waals surface area contributed by atoms with Crippen molar-refractivity contribution in [3.8, 4) is 11.5 Å². The van der Waals surface area contributed by atoms with Crippen molar-refractivity contribution in [1.82, 2.24) is 4.90 Å². The van der Waals surface area contributed by atoms with Gasteiger partial charge >= 0.3 is 0 Å². The van der Waals surface area contributed by atoms with Crippen molar-refractivity contribution in [2.45, 2.75) is 6.54 Å². The minimum Gasteiger partial charge on any atom is -0.493 e. The van der Waals surface area contributed by atoms with Crippen molar-refractivity contribution in [1.29, 1.82) is 0 Å². The van der Waals surface area contributed by atoms with Crippen molar-refractivity contribution >= 4 is 23.6 Å². The Morgan fingerprint density at radius 3 is 2.55 bits per heavy atom. The van der Waals surface area contributed by atoms with Crippen molar-refractivity contribution in [3.05, 3.63) is 64.4 Å². The topological polar surface area (TPSA) is 43.2 Å². The smallest absolute Gasteiger partial charge is 0.246 e. The van der Waals surface area contributed by atoms with E-state index < -0.39 is 5.82 Å². The van der Waals surface area contributed by atoms with Gasteiger partial charge in [-0.1, -0.05) is 17.7 Å². The first-order valence-electron chi connectivity index (χ1n) is 9.47. The Hall–Kier alpha value is -2.57. The molecular formula is C22H25ClFN2O3+. The number of ether oxygens (including phenoxy) is 2. The summed E-state index contributed by atoms with van der Waals surface area (Å²) < 4.78 is 24.5. The van der Waals surface area contributed by atoms with E-state index >= 15 is 0 Å². The van der Waals surface area contributed by atoms with Crippen LogP contribution in [0.1, 0.15) is 11.1 Å². The fraction of sp³-hybridized carbons (Fsp3) is 0.318. The van der Waals surface area contributed by atoms with Crippen molar-refractivity contribution in [3.63, 3.8) is 0 Å². The zero-order valence-electron chi connectivity index (χ0n) is 16.6. The van der Waals surface area contributed by atoms with Crippen LogP contribution in [0.2, 0.25) is 5.02 Å². The van der Waals surface area contributed by atoms with Crippen LogP contribution in [0.15, 0.2) is 42.5 Å². The molecule has 1 aliphatic rings. The molecule has 29 heavy (non-hydrogen) atoms. The predicted octanol–water partition coefficient (Wildman–Crippen LogP) is 2.44. The Kier molecular flexibility index (Phi) is 7.12. The zero-order chi connectivity index (χ0) is 20.8. The molecule has 0 unspecified atom stereocenters. The number of amides is 1. The molecule has 0 saturated carbocycles. The van der Waals surface area contributed by atoms with E-state index in [-0.39, 0.29) is 11.5 Å². The van der Waals surface area contributed by atoms with Gasteiger partial charge in [-0.2, -0.15) is 0 Å². The van der Waals surface area contributed by atoms with Crippen LogP contribution in [-0.4, -0.2) is 51.2 Å². The number of hydrogen-bond donors (Lipinski definition) is 1. The second-order valence-corrected chi connectivity index (χ2v) is 7.32. The second kappa shape index (κ2) is 9.76. The standard InChI is InChI=1S/C22H24ClFN2O3/c1-28-20-8-6-16(14-21(20)29-2)15-25-10-12-26(13-11-25)22(27)9-7-17-18(23)4-3-5-19(17)24/h3-9,14H,10-13,15H2,1-2H3/p+1/b9-7+. The molecule has 0 aliphatic carbocycles. The van der Waals surface area contributed by atoms with E-state index in [9.17, 15) is 9.18 Å².